The first-order valence-electron chi connectivity index (χ1n) is 10.9. The van der Waals surface area contributed by atoms with E-state index in [1.54, 1.807) is 36.3 Å². The normalized spacial score (nSPS) is 18.4. The molecule has 0 aromatic heterocycles. The Balaban J connectivity index is 2.35. The van der Waals surface area contributed by atoms with Gasteiger partial charge in [0.05, 0.1) is 13.2 Å². The molecule has 0 radical (unpaired) electrons. The predicted octanol–water partition coefficient (Wildman–Crippen LogP) is 1.49. The van der Waals surface area contributed by atoms with Gasteiger partial charge in [-0.3, -0.25) is 14.4 Å². The topological polar surface area (TPSA) is 105 Å². The second-order valence-corrected chi connectivity index (χ2v) is 8.71. The second kappa shape index (κ2) is 11.1. The van der Waals surface area contributed by atoms with Crippen molar-refractivity contribution in [3.8, 4) is 5.75 Å². The van der Waals surface area contributed by atoms with Crippen LogP contribution in [0.5, 0.6) is 5.75 Å². The van der Waals surface area contributed by atoms with Crippen molar-refractivity contribution in [3.63, 3.8) is 0 Å². The monoisotopic (exact) mass is 432 g/mol. The number of nitrogens with one attached hydrogen (secondary N) is 1. The number of hydrogen-bond acceptors (Lipinski definition) is 5. The minimum atomic E-state index is -0.662. The predicted molar refractivity (Wildman–Crippen MR) is 120 cm³/mol. The van der Waals surface area contributed by atoms with E-state index in [1.807, 2.05) is 18.7 Å². The van der Waals surface area contributed by atoms with Gasteiger partial charge in [-0.05, 0) is 30.5 Å². The van der Waals surface area contributed by atoms with Crippen LogP contribution in [0.1, 0.15) is 44.5 Å². The van der Waals surface area contributed by atoms with E-state index in [0.29, 0.717) is 43.9 Å². The zero-order valence-electron chi connectivity index (χ0n) is 19.3. The summed E-state index contributed by atoms with van der Waals surface area (Å²) in [6.07, 6.45) is 0.400. The van der Waals surface area contributed by atoms with Crippen molar-refractivity contribution in [1.82, 2.24) is 15.1 Å². The number of carbonyl (C=O) groups excluding carboxylic acids is 3. The summed E-state index contributed by atoms with van der Waals surface area (Å²) in [6.45, 7) is 9.39. The molecule has 172 valence electrons. The van der Waals surface area contributed by atoms with Gasteiger partial charge in [0.15, 0.2) is 0 Å². The van der Waals surface area contributed by atoms with Crippen molar-refractivity contribution < 1.29 is 19.1 Å². The lowest BCUT2D eigenvalue weighted by molar-refractivity contribution is -0.137. The molecule has 1 aromatic rings. The maximum Gasteiger partial charge on any atom is 0.254 e. The van der Waals surface area contributed by atoms with Crippen LogP contribution in [-0.2, 0) is 9.59 Å². The Bertz CT molecular complexity index is 781. The average Bonchev–Trinajstić information content (AvgIpc) is 3.19. The van der Waals surface area contributed by atoms with Gasteiger partial charge in [0.25, 0.3) is 5.91 Å². The smallest absolute Gasteiger partial charge is 0.254 e. The van der Waals surface area contributed by atoms with Crippen LogP contribution in [-0.4, -0.2) is 72.9 Å². The zero-order valence-corrected chi connectivity index (χ0v) is 19.3. The van der Waals surface area contributed by atoms with Crippen molar-refractivity contribution in [3.05, 3.63) is 29.8 Å². The van der Waals surface area contributed by atoms with Gasteiger partial charge in [-0.25, -0.2) is 0 Å². The highest BCUT2D eigenvalue weighted by Crippen LogP contribution is 2.27. The Morgan fingerprint density at radius 2 is 1.97 bits per heavy atom. The Morgan fingerprint density at radius 3 is 2.55 bits per heavy atom. The summed E-state index contributed by atoms with van der Waals surface area (Å²) in [6, 6.07) is 6.00. The summed E-state index contributed by atoms with van der Waals surface area (Å²) in [7, 11) is 1.54. The number of likely N-dealkylation sites (tertiary alicyclic amines) is 1. The number of rotatable bonds is 9. The molecule has 1 heterocycles. The molecule has 0 saturated carbocycles. The quantitative estimate of drug-likeness (QED) is 0.615. The van der Waals surface area contributed by atoms with E-state index in [2.05, 4.69) is 19.2 Å². The molecular formula is C23H36N4O4. The largest absolute Gasteiger partial charge is 0.497 e. The van der Waals surface area contributed by atoms with Crippen LogP contribution < -0.4 is 15.8 Å². The molecule has 31 heavy (non-hydrogen) atoms. The van der Waals surface area contributed by atoms with Crippen molar-refractivity contribution in [2.75, 3.05) is 33.3 Å². The zero-order chi connectivity index (χ0) is 23.1. The first kappa shape index (κ1) is 24.7. The third-order valence-corrected chi connectivity index (χ3v) is 5.38. The summed E-state index contributed by atoms with van der Waals surface area (Å²) in [5.41, 5.74) is 5.98. The molecule has 2 rings (SSSR count). The van der Waals surface area contributed by atoms with Gasteiger partial charge >= 0.3 is 0 Å². The fourth-order valence-corrected chi connectivity index (χ4v) is 3.89. The highest BCUT2D eigenvalue weighted by Gasteiger charge is 2.43. The number of nitrogens with two attached hydrogens (primary N) is 1. The third kappa shape index (κ3) is 6.19. The molecule has 3 N–H and O–H groups in total. The molecule has 3 amide bonds. The van der Waals surface area contributed by atoms with Crippen LogP contribution in [0, 0.1) is 11.8 Å². The third-order valence-electron chi connectivity index (χ3n) is 5.38. The fraction of sp³-hybridized carbons (Fsp3) is 0.609. The lowest BCUT2D eigenvalue weighted by Crippen LogP contribution is -2.47. The molecule has 2 unspecified atom stereocenters. The summed E-state index contributed by atoms with van der Waals surface area (Å²) in [5, 5.41) is 2.80. The SMILES string of the molecule is COc1cccc(C(=O)N2CC(N(CC(C)C)C(=O)C(C)C)CC2C(=O)NCCN)c1. The summed E-state index contributed by atoms with van der Waals surface area (Å²) < 4.78 is 5.24. The molecule has 8 nitrogen and oxygen atoms in total. The molecule has 1 saturated heterocycles. The Kier molecular flexibility index (Phi) is 8.86. The molecule has 2 atom stereocenters. The number of nitrogens with zero attached hydrogens (tertiary/aromatic N) is 2. The standard InChI is InChI=1S/C23H36N4O4/c1-15(2)13-26(22(29)16(3)4)18-12-20(21(28)25-10-9-24)27(14-18)23(30)17-7-6-8-19(11-17)31-5/h6-8,11,15-16,18,20H,9-10,12-14,24H2,1-5H3,(H,25,28). The maximum atomic E-state index is 13.4. The van der Waals surface area contributed by atoms with E-state index in [0.717, 1.165) is 0 Å². The molecule has 1 aliphatic rings. The molecule has 1 aromatic carbocycles. The maximum absolute atomic E-state index is 13.4. The molecule has 1 aliphatic heterocycles. The average molecular weight is 433 g/mol. The van der Waals surface area contributed by atoms with Gasteiger partial charge in [-0.2, -0.15) is 0 Å². The van der Waals surface area contributed by atoms with Crippen molar-refractivity contribution in [1.29, 1.82) is 0 Å². The summed E-state index contributed by atoms with van der Waals surface area (Å²) in [4.78, 5) is 42.6. The Hall–Kier alpha value is -2.61. The van der Waals surface area contributed by atoms with Crippen molar-refractivity contribution in [2.24, 2.45) is 17.6 Å². The van der Waals surface area contributed by atoms with Crippen molar-refractivity contribution in [2.45, 2.75) is 46.2 Å². The van der Waals surface area contributed by atoms with Crippen LogP contribution in [0.4, 0.5) is 0 Å². The van der Waals surface area contributed by atoms with E-state index in [4.69, 9.17) is 10.5 Å². The van der Waals surface area contributed by atoms with E-state index < -0.39 is 6.04 Å². The molecule has 0 aliphatic carbocycles. The number of amides is 3. The lowest BCUT2D eigenvalue weighted by atomic mass is 10.0. The molecule has 8 heteroatoms. The Labute approximate surface area is 185 Å². The summed E-state index contributed by atoms with van der Waals surface area (Å²) >= 11 is 0. The van der Waals surface area contributed by atoms with Gasteiger partial charge in [0.2, 0.25) is 11.8 Å². The van der Waals surface area contributed by atoms with Crippen LogP contribution in [0.3, 0.4) is 0 Å². The van der Waals surface area contributed by atoms with Gasteiger partial charge in [0.1, 0.15) is 11.8 Å². The van der Waals surface area contributed by atoms with E-state index in [1.165, 1.54) is 0 Å². The lowest BCUT2D eigenvalue weighted by Gasteiger charge is -2.32. The second-order valence-electron chi connectivity index (χ2n) is 8.71. The fourth-order valence-electron chi connectivity index (χ4n) is 3.89. The van der Waals surface area contributed by atoms with Gasteiger partial charge in [0, 0.05) is 37.7 Å². The first-order valence-corrected chi connectivity index (χ1v) is 10.9. The Morgan fingerprint density at radius 1 is 1.26 bits per heavy atom. The molecule has 1 fully saturated rings. The minimum absolute atomic E-state index is 0.0375. The van der Waals surface area contributed by atoms with E-state index >= 15 is 0 Å². The van der Waals surface area contributed by atoms with Gasteiger partial charge in [-0.15, -0.1) is 0 Å². The number of benzene rings is 1. The first-order chi connectivity index (χ1) is 14.7. The summed E-state index contributed by atoms with van der Waals surface area (Å²) in [5.74, 6) is 0.223. The van der Waals surface area contributed by atoms with Gasteiger partial charge in [-0.1, -0.05) is 33.8 Å². The van der Waals surface area contributed by atoms with Gasteiger partial charge < -0.3 is 25.6 Å². The number of ether oxygens (including phenoxy) is 1. The van der Waals surface area contributed by atoms with Crippen LogP contribution in [0.15, 0.2) is 24.3 Å². The van der Waals surface area contributed by atoms with Crippen molar-refractivity contribution >= 4 is 17.7 Å². The number of carbonyl (C=O) groups is 3. The highest BCUT2D eigenvalue weighted by atomic mass is 16.5. The van der Waals surface area contributed by atoms with Crippen LogP contribution >= 0.6 is 0 Å². The number of hydrogen-bond donors (Lipinski definition) is 2. The van der Waals surface area contributed by atoms with E-state index in [9.17, 15) is 14.4 Å². The molecule has 0 spiro atoms. The minimum Gasteiger partial charge on any atom is -0.497 e. The van der Waals surface area contributed by atoms with Crippen LogP contribution in [0.2, 0.25) is 0 Å². The highest BCUT2D eigenvalue weighted by molar-refractivity contribution is 5.98. The molecule has 0 bridgehead atoms. The molecular weight excluding hydrogens is 396 g/mol. The van der Waals surface area contributed by atoms with E-state index in [-0.39, 0.29) is 35.6 Å². The number of methoxy groups -OCH3 is 1. The van der Waals surface area contributed by atoms with Crippen LogP contribution in [0.25, 0.3) is 0 Å².